The summed E-state index contributed by atoms with van der Waals surface area (Å²) in [5.74, 6) is 0.951. The molecule has 0 bridgehead atoms. The molecule has 1 aromatic rings. The smallest absolute Gasteiger partial charge is 0.146 e. The van der Waals surface area contributed by atoms with Crippen molar-refractivity contribution in [2.24, 2.45) is 0 Å². The maximum absolute atomic E-state index is 5.68. The number of rotatable bonds is 1. The Hall–Kier alpha value is -0.680. The van der Waals surface area contributed by atoms with E-state index in [4.69, 9.17) is 4.74 Å². The molecule has 1 aliphatic heterocycles. The summed E-state index contributed by atoms with van der Waals surface area (Å²) in [7, 11) is 0. The lowest BCUT2D eigenvalue weighted by molar-refractivity contribution is -0.00550. The van der Waals surface area contributed by atoms with E-state index in [0.29, 0.717) is 0 Å². The molecule has 1 aromatic heterocycles. The molecule has 0 N–H and O–H groups in total. The molecule has 2 unspecified atom stereocenters. The van der Waals surface area contributed by atoms with Crippen molar-refractivity contribution < 1.29 is 4.74 Å². The number of hydrogen-bond acceptors (Lipinski definition) is 4. The van der Waals surface area contributed by atoms with Crippen molar-refractivity contribution in [2.45, 2.75) is 26.1 Å². The molecule has 0 saturated carbocycles. The summed E-state index contributed by atoms with van der Waals surface area (Å²) < 4.78 is 6.61. The number of nitrogens with zero attached hydrogens (tertiary/aromatic N) is 3. The molecule has 0 aliphatic carbocycles. The number of halogens is 1. The maximum atomic E-state index is 5.68. The van der Waals surface area contributed by atoms with Gasteiger partial charge in [0.2, 0.25) is 0 Å². The minimum Gasteiger partial charge on any atom is -0.372 e. The van der Waals surface area contributed by atoms with Crippen molar-refractivity contribution in [3.05, 3.63) is 17.0 Å². The second kappa shape index (κ2) is 4.45. The zero-order valence-electron chi connectivity index (χ0n) is 8.85. The molecule has 1 aliphatic rings. The molecule has 2 rings (SSSR count). The second-order valence-corrected chi connectivity index (χ2v) is 4.71. The van der Waals surface area contributed by atoms with Crippen LogP contribution in [0.25, 0.3) is 0 Å². The molecule has 0 amide bonds. The van der Waals surface area contributed by atoms with Gasteiger partial charge in [-0.15, -0.1) is 0 Å². The fraction of sp³-hybridized carbons (Fsp3) is 0.600. The van der Waals surface area contributed by atoms with Gasteiger partial charge in [-0.25, -0.2) is 9.97 Å². The third-order valence-electron chi connectivity index (χ3n) is 2.37. The summed E-state index contributed by atoms with van der Waals surface area (Å²) in [4.78, 5) is 10.5. The quantitative estimate of drug-likeness (QED) is 0.782. The van der Waals surface area contributed by atoms with Crippen LogP contribution in [-0.4, -0.2) is 35.3 Å². The summed E-state index contributed by atoms with van der Waals surface area (Å²) in [6.45, 7) is 5.91. The number of anilines is 1. The zero-order chi connectivity index (χ0) is 10.8. The van der Waals surface area contributed by atoms with Crippen molar-refractivity contribution in [1.82, 2.24) is 9.97 Å². The van der Waals surface area contributed by atoms with Crippen LogP contribution >= 0.6 is 15.9 Å². The minimum atomic E-state index is 0.246. The fourth-order valence-electron chi connectivity index (χ4n) is 1.89. The molecule has 1 fully saturated rings. The van der Waals surface area contributed by atoms with Crippen LogP contribution in [0, 0.1) is 0 Å². The molecule has 0 spiro atoms. The van der Waals surface area contributed by atoms with Gasteiger partial charge in [0.25, 0.3) is 0 Å². The van der Waals surface area contributed by atoms with Gasteiger partial charge >= 0.3 is 0 Å². The molecule has 0 radical (unpaired) electrons. The van der Waals surface area contributed by atoms with Gasteiger partial charge in [-0.05, 0) is 29.8 Å². The lowest BCUT2D eigenvalue weighted by Gasteiger charge is -2.36. The molecular weight excluding hydrogens is 258 g/mol. The molecule has 1 saturated heterocycles. The minimum absolute atomic E-state index is 0.246. The molecule has 2 heterocycles. The van der Waals surface area contributed by atoms with E-state index in [9.17, 15) is 0 Å². The standard InChI is InChI=1S/C10H14BrN3O/c1-7-4-14(5-8(2)15-7)10-9(11)3-12-6-13-10/h3,6-8H,4-5H2,1-2H3. The van der Waals surface area contributed by atoms with Crippen molar-refractivity contribution in [1.29, 1.82) is 0 Å². The van der Waals surface area contributed by atoms with Gasteiger partial charge in [-0.2, -0.15) is 0 Å². The Morgan fingerprint density at radius 1 is 1.40 bits per heavy atom. The van der Waals surface area contributed by atoms with E-state index in [2.05, 4.69) is 44.6 Å². The third-order valence-corrected chi connectivity index (χ3v) is 2.93. The molecule has 5 heteroatoms. The van der Waals surface area contributed by atoms with E-state index in [1.54, 1.807) is 12.5 Å². The Morgan fingerprint density at radius 2 is 2.07 bits per heavy atom. The van der Waals surface area contributed by atoms with E-state index >= 15 is 0 Å². The molecule has 15 heavy (non-hydrogen) atoms. The van der Waals surface area contributed by atoms with Crippen LogP contribution in [0.5, 0.6) is 0 Å². The van der Waals surface area contributed by atoms with Crippen LogP contribution in [0.2, 0.25) is 0 Å². The van der Waals surface area contributed by atoms with Gasteiger partial charge in [0.15, 0.2) is 0 Å². The third kappa shape index (κ3) is 2.46. The van der Waals surface area contributed by atoms with Crippen molar-refractivity contribution in [3.8, 4) is 0 Å². The predicted octanol–water partition coefficient (Wildman–Crippen LogP) is 1.85. The number of hydrogen-bond donors (Lipinski definition) is 0. The highest BCUT2D eigenvalue weighted by atomic mass is 79.9. The Labute approximate surface area is 97.8 Å². The van der Waals surface area contributed by atoms with Crippen molar-refractivity contribution in [3.63, 3.8) is 0 Å². The average Bonchev–Trinajstić information content (AvgIpc) is 2.16. The molecule has 0 aromatic carbocycles. The van der Waals surface area contributed by atoms with Gasteiger partial charge in [0.1, 0.15) is 12.1 Å². The molecule has 2 atom stereocenters. The normalized spacial score (nSPS) is 26.7. The zero-order valence-corrected chi connectivity index (χ0v) is 10.4. The van der Waals surface area contributed by atoms with Gasteiger partial charge < -0.3 is 9.64 Å². The SMILES string of the molecule is CC1CN(c2ncncc2Br)CC(C)O1. The highest BCUT2D eigenvalue weighted by Gasteiger charge is 2.24. The monoisotopic (exact) mass is 271 g/mol. The predicted molar refractivity (Wildman–Crippen MR) is 62.0 cm³/mol. The van der Waals surface area contributed by atoms with Gasteiger partial charge in [0, 0.05) is 19.3 Å². The summed E-state index contributed by atoms with van der Waals surface area (Å²) >= 11 is 3.46. The first-order valence-electron chi connectivity index (χ1n) is 5.02. The number of morpholine rings is 1. The van der Waals surface area contributed by atoms with Crippen LogP contribution in [0.1, 0.15) is 13.8 Å². The van der Waals surface area contributed by atoms with Crippen molar-refractivity contribution in [2.75, 3.05) is 18.0 Å². The lowest BCUT2D eigenvalue weighted by Crippen LogP contribution is -2.46. The van der Waals surface area contributed by atoms with E-state index in [1.165, 1.54) is 0 Å². The van der Waals surface area contributed by atoms with E-state index in [-0.39, 0.29) is 12.2 Å². The van der Waals surface area contributed by atoms with E-state index in [1.807, 2.05) is 0 Å². The van der Waals surface area contributed by atoms with Gasteiger partial charge in [-0.1, -0.05) is 0 Å². The first-order chi connectivity index (χ1) is 7.16. The van der Waals surface area contributed by atoms with Crippen LogP contribution in [0.3, 0.4) is 0 Å². The Morgan fingerprint density at radius 3 is 2.67 bits per heavy atom. The van der Waals surface area contributed by atoms with Crippen LogP contribution in [0.4, 0.5) is 5.82 Å². The summed E-state index contributed by atoms with van der Waals surface area (Å²) in [5.41, 5.74) is 0. The number of aromatic nitrogens is 2. The fourth-order valence-corrected chi connectivity index (χ4v) is 2.36. The van der Waals surface area contributed by atoms with Gasteiger partial charge in [-0.3, -0.25) is 0 Å². The second-order valence-electron chi connectivity index (χ2n) is 3.86. The highest BCUT2D eigenvalue weighted by molar-refractivity contribution is 9.10. The number of ether oxygens (including phenoxy) is 1. The lowest BCUT2D eigenvalue weighted by atomic mass is 10.2. The highest BCUT2D eigenvalue weighted by Crippen LogP contribution is 2.25. The van der Waals surface area contributed by atoms with E-state index in [0.717, 1.165) is 23.4 Å². The van der Waals surface area contributed by atoms with E-state index < -0.39 is 0 Å². The Balaban J connectivity index is 2.20. The summed E-state index contributed by atoms with van der Waals surface area (Å²) in [5, 5.41) is 0. The molecular formula is C10H14BrN3O. The summed E-state index contributed by atoms with van der Waals surface area (Å²) in [6.07, 6.45) is 3.84. The topological polar surface area (TPSA) is 38.2 Å². The summed E-state index contributed by atoms with van der Waals surface area (Å²) in [6, 6.07) is 0. The molecule has 82 valence electrons. The van der Waals surface area contributed by atoms with Crippen LogP contribution in [-0.2, 0) is 4.74 Å². The van der Waals surface area contributed by atoms with Crippen LogP contribution < -0.4 is 4.90 Å². The largest absolute Gasteiger partial charge is 0.372 e. The molecule has 4 nitrogen and oxygen atoms in total. The first kappa shape index (κ1) is 10.8. The van der Waals surface area contributed by atoms with Crippen LogP contribution in [0.15, 0.2) is 17.0 Å². The Kier molecular flexibility index (Phi) is 3.21. The average molecular weight is 272 g/mol. The van der Waals surface area contributed by atoms with Crippen molar-refractivity contribution >= 4 is 21.7 Å². The Bertz CT molecular complexity index is 337. The first-order valence-corrected chi connectivity index (χ1v) is 5.82. The van der Waals surface area contributed by atoms with Gasteiger partial charge in [0.05, 0.1) is 16.7 Å². The maximum Gasteiger partial charge on any atom is 0.146 e.